The Morgan fingerprint density at radius 2 is 2.16 bits per heavy atom. The molecule has 10 nitrogen and oxygen atoms in total. The maximum atomic E-state index is 11.8. The van der Waals surface area contributed by atoms with Crippen molar-refractivity contribution in [2.45, 2.75) is 16.6 Å². The largest absolute Gasteiger partial charge is 1.00 e. The van der Waals surface area contributed by atoms with E-state index in [2.05, 4.69) is 10.1 Å². The molecule has 3 N–H and O–H groups in total. The standard InChI is InChI=1S/C12H13N5O5S2.Na/c1-16-12(14-7(18)8(19)15-16)24-3-4-2-23-10-5(13)9(20)17(10)6(4)11(21)22;/h5,10H,2-3,13H2,1H3,(H,15,19)(H,21,22);/q;+1/p-1/t5-,10-;/m1./s1. The minimum Gasteiger partial charge on any atom is -0.543 e. The van der Waals surface area contributed by atoms with Crippen LogP contribution in [0.2, 0.25) is 0 Å². The monoisotopic (exact) mass is 393 g/mol. The van der Waals surface area contributed by atoms with Crippen molar-refractivity contribution in [2.75, 3.05) is 11.5 Å². The number of amides is 1. The van der Waals surface area contributed by atoms with Crippen LogP contribution in [-0.4, -0.2) is 54.5 Å². The second-order valence-corrected chi connectivity index (χ2v) is 7.21. The van der Waals surface area contributed by atoms with Gasteiger partial charge in [0.2, 0.25) is 5.91 Å². The molecule has 1 aromatic rings. The van der Waals surface area contributed by atoms with Gasteiger partial charge in [-0.3, -0.25) is 29.1 Å². The molecule has 1 saturated heterocycles. The number of carboxylic acids is 1. The van der Waals surface area contributed by atoms with Gasteiger partial charge in [0, 0.05) is 18.6 Å². The average molecular weight is 393 g/mol. The van der Waals surface area contributed by atoms with E-state index in [0.717, 1.165) is 16.7 Å². The Labute approximate surface area is 171 Å². The molecule has 0 unspecified atom stereocenters. The quantitative estimate of drug-likeness (QED) is 0.220. The van der Waals surface area contributed by atoms with Crippen LogP contribution in [0, 0.1) is 0 Å². The van der Waals surface area contributed by atoms with E-state index in [1.54, 1.807) is 0 Å². The van der Waals surface area contributed by atoms with Gasteiger partial charge in [-0.05, 0) is 5.57 Å². The summed E-state index contributed by atoms with van der Waals surface area (Å²) < 4.78 is 1.27. The number of β-lactam (4-membered cyclic amide) rings is 1. The fraction of sp³-hybridized carbons (Fsp3) is 0.417. The average Bonchev–Trinajstić information content (AvgIpc) is 2.55. The molecule has 1 amide bonds. The Bertz CT molecular complexity index is 881. The van der Waals surface area contributed by atoms with Gasteiger partial charge in [-0.2, -0.15) is 4.98 Å². The molecule has 0 aromatic carbocycles. The summed E-state index contributed by atoms with van der Waals surface area (Å²) in [7, 11) is 1.51. The van der Waals surface area contributed by atoms with Crippen molar-refractivity contribution in [2.24, 2.45) is 12.8 Å². The molecule has 2 atom stereocenters. The van der Waals surface area contributed by atoms with E-state index in [0.29, 0.717) is 11.3 Å². The summed E-state index contributed by atoms with van der Waals surface area (Å²) in [4.78, 5) is 50.6. The number of rotatable bonds is 4. The number of aliphatic carboxylic acids is 1. The fourth-order valence-corrected chi connectivity index (χ4v) is 4.77. The minimum atomic E-state index is -1.44. The summed E-state index contributed by atoms with van der Waals surface area (Å²) in [6, 6.07) is -0.708. The Morgan fingerprint density at radius 3 is 2.80 bits per heavy atom. The first-order chi connectivity index (χ1) is 11.3. The molecule has 3 heterocycles. The van der Waals surface area contributed by atoms with Gasteiger partial charge < -0.3 is 15.6 Å². The smallest absolute Gasteiger partial charge is 0.543 e. The number of thioether (sulfide) groups is 2. The predicted molar refractivity (Wildman–Crippen MR) is 83.9 cm³/mol. The number of aromatic nitrogens is 3. The van der Waals surface area contributed by atoms with Crippen molar-refractivity contribution in [1.82, 2.24) is 19.7 Å². The molecular weight excluding hydrogens is 381 g/mol. The minimum absolute atomic E-state index is 0. The van der Waals surface area contributed by atoms with Crippen molar-refractivity contribution >= 4 is 35.4 Å². The fourth-order valence-electron chi connectivity index (χ4n) is 2.42. The van der Waals surface area contributed by atoms with Crippen molar-refractivity contribution in [3.8, 4) is 0 Å². The zero-order valence-electron chi connectivity index (χ0n) is 13.3. The summed E-state index contributed by atoms with van der Waals surface area (Å²) in [6.07, 6.45) is 0. The number of nitrogens with two attached hydrogens (primary N) is 1. The van der Waals surface area contributed by atoms with Crippen molar-refractivity contribution in [3.05, 3.63) is 32.0 Å². The SMILES string of the molecule is Cn1[nH]c(=O)c(=O)nc1SCC1=C(C(=O)[O-])N2C(=O)[C@@H](N)[C@H]2SC1.[Na+]. The van der Waals surface area contributed by atoms with E-state index < -0.39 is 34.4 Å². The number of carbonyl (C=O) groups is 2. The molecule has 2 aliphatic rings. The summed E-state index contributed by atoms with van der Waals surface area (Å²) in [6.45, 7) is 0. The van der Waals surface area contributed by atoms with Gasteiger partial charge in [0.05, 0.1) is 11.7 Å². The molecule has 0 radical (unpaired) electrons. The molecule has 0 bridgehead atoms. The molecule has 0 aliphatic carbocycles. The summed E-state index contributed by atoms with van der Waals surface area (Å²) >= 11 is 2.45. The van der Waals surface area contributed by atoms with E-state index in [1.807, 2.05) is 0 Å². The van der Waals surface area contributed by atoms with Crippen molar-refractivity contribution < 1.29 is 44.3 Å². The van der Waals surface area contributed by atoms with E-state index in [4.69, 9.17) is 5.73 Å². The van der Waals surface area contributed by atoms with Crippen molar-refractivity contribution in [1.29, 1.82) is 0 Å². The molecule has 0 saturated carbocycles. The number of aromatic amines is 1. The molecule has 128 valence electrons. The topological polar surface area (TPSA) is 154 Å². The number of fused-ring (bicyclic) bond motifs is 1. The molecular formula is C12H12N5NaO5S2. The third-order valence-corrected chi connectivity index (χ3v) is 6.08. The molecule has 13 heteroatoms. The molecule has 1 aromatic heterocycles. The van der Waals surface area contributed by atoms with Crippen LogP contribution in [0.25, 0.3) is 0 Å². The maximum absolute atomic E-state index is 11.8. The van der Waals surface area contributed by atoms with Gasteiger partial charge in [0.15, 0.2) is 5.16 Å². The van der Waals surface area contributed by atoms with E-state index in [9.17, 15) is 24.3 Å². The summed E-state index contributed by atoms with van der Waals surface area (Å²) in [5.74, 6) is -1.35. The third-order valence-electron chi connectivity index (χ3n) is 3.60. The van der Waals surface area contributed by atoms with Crippen LogP contribution in [0.5, 0.6) is 0 Å². The van der Waals surface area contributed by atoms with Crippen LogP contribution in [0.1, 0.15) is 0 Å². The van der Waals surface area contributed by atoms with E-state index in [1.165, 1.54) is 23.5 Å². The molecule has 3 rings (SSSR count). The zero-order chi connectivity index (χ0) is 17.6. The first-order valence-corrected chi connectivity index (χ1v) is 8.78. The summed E-state index contributed by atoms with van der Waals surface area (Å²) in [5.41, 5.74) is 4.20. The Hall–Kier alpha value is -1.05. The Kier molecular flexibility index (Phi) is 6.22. The number of aryl methyl sites for hydroxylation is 1. The predicted octanol–water partition coefficient (Wildman–Crippen LogP) is -6.19. The normalized spacial score (nSPS) is 22.2. The van der Waals surface area contributed by atoms with E-state index in [-0.39, 0.29) is 46.2 Å². The van der Waals surface area contributed by atoms with Crippen LogP contribution in [-0.2, 0) is 16.6 Å². The number of carboxylic acid groups (broad SMARTS) is 1. The van der Waals surface area contributed by atoms with Gasteiger partial charge in [-0.1, -0.05) is 11.8 Å². The van der Waals surface area contributed by atoms with Crippen LogP contribution < -0.4 is 51.5 Å². The van der Waals surface area contributed by atoms with Crippen LogP contribution in [0.3, 0.4) is 0 Å². The number of nitrogens with zero attached hydrogens (tertiary/aromatic N) is 3. The first-order valence-electron chi connectivity index (χ1n) is 6.75. The number of carbonyl (C=O) groups excluding carboxylic acids is 2. The van der Waals surface area contributed by atoms with Gasteiger partial charge in [-0.25, -0.2) is 0 Å². The molecule has 25 heavy (non-hydrogen) atoms. The summed E-state index contributed by atoms with van der Waals surface area (Å²) in [5, 5.41) is 13.6. The second-order valence-electron chi connectivity index (χ2n) is 5.16. The third kappa shape index (κ3) is 3.59. The Balaban J connectivity index is 0.00000225. The van der Waals surface area contributed by atoms with Gasteiger partial charge in [0.25, 0.3) is 0 Å². The van der Waals surface area contributed by atoms with Crippen molar-refractivity contribution in [3.63, 3.8) is 0 Å². The van der Waals surface area contributed by atoms with Crippen LogP contribution in [0.4, 0.5) is 0 Å². The number of hydrogen-bond donors (Lipinski definition) is 2. The molecule has 2 aliphatic heterocycles. The maximum Gasteiger partial charge on any atom is 1.00 e. The van der Waals surface area contributed by atoms with Crippen LogP contribution >= 0.6 is 23.5 Å². The van der Waals surface area contributed by atoms with Gasteiger partial charge in [0.1, 0.15) is 11.4 Å². The zero-order valence-corrected chi connectivity index (χ0v) is 17.0. The number of nitrogens with one attached hydrogen (secondary N) is 1. The number of H-pyrrole nitrogens is 1. The van der Waals surface area contributed by atoms with E-state index >= 15 is 0 Å². The van der Waals surface area contributed by atoms with Gasteiger partial charge >= 0.3 is 40.7 Å². The number of hydrogen-bond acceptors (Lipinski definition) is 9. The second kappa shape index (κ2) is 7.68. The first kappa shape index (κ1) is 20.3. The molecule has 0 spiro atoms. The van der Waals surface area contributed by atoms with Gasteiger partial charge in [-0.15, -0.1) is 11.8 Å². The van der Waals surface area contributed by atoms with Crippen LogP contribution in [0.15, 0.2) is 26.0 Å². The Morgan fingerprint density at radius 1 is 1.48 bits per heavy atom. The molecule has 1 fully saturated rings.